The first-order chi connectivity index (χ1) is 6.15. The van der Waals surface area contributed by atoms with Crippen LogP contribution in [0.25, 0.3) is 0 Å². The number of halogens is 2. The van der Waals surface area contributed by atoms with Gasteiger partial charge in [-0.05, 0) is 24.7 Å². The third-order valence-electron chi connectivity index (χ3n) is 1.74. The number of likely N-dealkylation sites (N-methyl/N-ethyl adjacent to an activating group) is 1. The van der Waals surface area contributed by atoms with Gasteiger partial charge >= 0.3 is 0 Å². The van der Waals surface area contributed by atoms with Crippen LogP contribution in [0.1, 0.15) is 10.9 Å². The van der Waals surface area contributed by atoms with E-state index < -0.39 is 0 Å². The van der Waals surface area contributed by atoms with Crippen LogP contribution in [0.2, 0.25) is 0 Å². The first-order valence-corrected chi connectivity index (χ1v) is 4.39. The van der Waals surface area contributed by atoms with Gasteiger partial charge in [-0.1, -0.05) is 6.07 Å². The summed E-state index contributed by atoms with van der Waals surface area (Å²) in [6.45, 7) is 0.617. The summed E-state index contributed by atoms with van der Waals surface area (Å²) in [5, 5.41) is 21.0. The van der Waals surface area contributed by atoms with Crippen molar-refractivity contribution in [3.05, 3.63) is 23.8 Å². The average molecular weight is 238 g/mol. The van der Waals surface area contributed by atoms with Gasteiger partial charge in [-0.25, -0.2) is 0 Å². The maximum atomic E-state index is 9.19. The Hall–Kier alpha value is -0.640. The molecule has 80 valence electrons. The first kappa shape index (κ1) is 13.4. The highest BCUT2D eigenvalue weighted by atomic mass is 35.5. The second-order valence-electron chi connectivity index (χ2n) is 2.77. The Morgan fingerprint density at radius 2 is 2.00 bits per heavy atom. The normalized spacial score (nSPS) is 11.9. The molecule has 5 heteroatoms. The maximum Gasteiger partial charge on any atom is 0.157 e. The molecule has 0 radical (unpaired) electrons. The SMILES string of the molecule is CNCC(Cl)c1ccc(O)c(O)c1.Cl. The molecule has 0 heterocycles. The molecule has 0 saturated heterocycles. The lowest BCUT2D eigenvalue weighted by molar-refractivity contribution is 0.403. The molecule has 0 fully saturated rings. The maximum absolute atomic E-state index is 9.19. The van der Waals surface area contributed by atoms with Gasteiger partial charge in [0.1, 0.15) is 0 Å². The number of rotatable bonds is 3. The Morgan fingerprint density at radius 3 is 2.50 bits per heavy atom. The minimum absolute atomic E-state index is 0. The van der Waals surface area contributed by atoms with Crippen molar-refractivity contribution in [2.75, 3.05) is 13.6 Å². The zero-order chi connectivity index (χ0) is 9.84. The van der Waals surface area contributed by atoms with E-state index >= 15 is 0 Å². The number of hydrogen-bond donors (Lipinski definition) is 3. The molecule has 14 heavy (non-hydrogen) atoms. The molecule has 1 aromatic carbocycles. The van der Waals surface area contributed by atoms with Crippen LogP contribution in [0.4, 0.5) is 0 Å². The van der Waals surface area contributed by atoms with Crippen molar-refractivity contribution in [1.82, 2.24) is 5.32 Å². The standard InChI is InChI=1S/C9H12ClNO2.ClH/c1-11-5-7(10)6-2-3-8(12)9(13)4-6;/h2-4,7,11-13H,5H2,1H3;1H. The quantitative estimate of drug-likeness (QED) is 0.557. The number of phenols is 2. The zero-order valence-electron chi connectivity index (χ0n) is 7.70. The third kappa shape index (κ3) is 3.25. The van der Waals surface area contributed by atoms with Gasteiger partial charge in [0.15, 0.2) is 11.5 Å². The fourth-order valence-electron chi connectivity index (χ4n) is 1.03. The van der Waals surface area contributed by atoms with E-state index in [1.165, 1.54) is 12.1 Å². The molecule has 1 aromatic rings. The lowest BCUT2D eigenvalue weighted by atomic mass is 10.1. The lowest BCUT2D eigenvalue weighted by Crippen LogP contribution is -2.12. The van der Waals surface area contributed by atoms with Crippen LogP contribution in [0.15, 0.2) is 18.2 Å². The van der Waals surface area contributed by atoms with E-state index in [0.717, 1.165) is 5.56 Å². The minimum Gasteiger partial charge on any atom is -0.504 e. The molecule has 3 N–H and O–H groups in total. The molecular formula is C9H13Cl2NO2. The Bertz CT molecular complexity index is 294. The largest absolute Gasteiger partial charge is 0.504 e. The summed E-state index contributed by atoms with van der Waals surface area (Å²) in [5.41, 5.74) is 0.784. The molecule has 0 saturated carbocycles. The van der Waals surface area contributed by atoms with Crippen LogP contribution in [0.5, 0.6) is 11.5 Å². The van der Waals surface area contributed by atoms with Crippen molar-refractivity contribution in [2.24, 2.45) is 0 Å². The topological polar surface area (TPSA) is 52.5 Å². The molecule has 0 aliphatic carbocycles. The van der Waals surface area contributed by atoms with E-state index in [-0.39, 0.29) is 29.3 Å². The van der Waals surface area contributed by atoms with Gasteiger partial charge in [-0.15, -0.1) is 24.0 Å². The van der Waals surface area contributed by atoms with Crippen molar-refractivity contribution in [3.8, 4) is 11.5 Å². The molecule has 0 spiro atoms. The fourth-order valence-corrected chi connectivity index (χ4v) is 1.32. The monoisotopic (exact) mass is 237 g/mol. The number of aromatic hydroxyl groups is 2. The van der Waals surface area contributed by atoms with Crippen molar-refractivity contribution < 1.29 is 10.2 Å². The number of benzene rings is 1. The number of alkyl halides is 1. The molecule has 1 atom stereocenters. The van der Waals surface area contributed by atoms with Crippen LogP contribution in [-0.2, 0) is 0 Å². The van der Waals surface area contributed by atoms with E-state index in [0.29, 0.717) is 6.54 Å². The average Bonchev–Trinajstić information content (AvgIpc) is 2.10. The molecule has 1 unspecified atom stereocenters. The molecule has 0 amide bonds. The van der Waals surface area contributed by atoms with E-state index in [9.17, 15) is 5.11 Å². The molecule has 3 nitrogen and oxygen atoms in total. The summed E-state index contributed by atoms with van der Waals surface area (Å²) in [6.07, 6.45) is 0. The molecule has 0 aliphatic rings. The van der Waals surface area contributed by atoms with Crippen molar-refractivity contribution >= 4 is 24.0 Å². The van der Waals surface area contributed by atoms with E-state index in [4.69, 9.17) is 16.7 Å². The van der Waals surface area contributed by atoms with E-state index in [2.05, 4.69) is 5.32 Å². The number of hydrogen-bond acceptors (Lipinski definition) is 3. The predicted molar refractivity (Wildman–Crippen MR) is 59.5 cm³/mol. The fraction of sp³-hybridized carbons (Fsp3) is 0.333. The zero-order valence-corrected chi connectivity index (χ0v) is 9.27. The summed E-state index contributed by atoms with van der Waals surface area (Å²) >= 11 is 5.98. The first-order valence-electron chi connectivity index (χ1n) is 3.95. The second-order valence-corrected chi connectivity index (χ2v) is 3.30. The summed E-state index contributed by atoms with van der Waals surface area (Å²) < 4.78 is 0. The Kier molecular flexibility index (Phi) is 5.69. The van der Waals surface area contributed by atoms with Gasteiger partial charge in [-0.2, -0.15) is 0 Å². The highest BCUT2D eigenvalue weighted by Crippen LogP contribution is 2.29. The van der Waals surface area contributed by atoms with E-state index in [1.54, 1.807) is 13.1 Å². The van der Waals surface area contributed by atoms with Crippen molar-refractivity contribution in [2.45, 2.75) is 5.38 Å². The third-order valence-corrected chi connectivity index (χ3v) is 2.15. The lowest BCUT2D eigenvalue weighted by Gasteiger charge is -2.09. The minimum atomic E-state index is -0.198. The number of phenolic OH excluding ortho intramolecular Hbond substituents is 2. The summed E-state index contributed by atoms with van der Waals surface area (Å²) in [7, 11) is 1.80. The number of nitrogens with one attached hydrogen (secondary N) is 1. The van der Waals surface area contributed by atoms with Gasteiger partial charge in [0, 0.05) is 6.54 Å². The second kappa shape index (κ2) is 5.96. The smallest absolute Gasteiger partial charge is 0.157 e. The highest BCUT2D eigenvalue weighted by molar-refractivity contribution is 6.21. The van der Waals surface area contributed by atoms with Gasteiger partial charge in [0.25, 0.3) is 0 Å². The van der Waals surface area contributed by atoms with Crippen LogP contribution < -0.4 is 5.32 Å². The Morgan fingerprint density at radius 1 is 1.36 bits per heavy atom. The van der Waals surface area contributed by atoms with Gasteiger partial charge in [-0.3, -0.25) is 0 Å². The molecule has 0 aliphatic heterocycles. The summed E-state index contributed by atoms with van der Waals surface area (Å²) in [6, 6.07) is 4.57. The van der Waals surface area contributed by atoms with Crippen LogP contribution in [0.3, 0.4) is 0 Å². The van der Waals surface area contributed by atoms with Crippen LogP contribution in [-0.4, -0.2) is 23.8 Å². The molecule has 0 aromatic heterocycles. The highest BCUT2D eigenvalue weighted by Gasteiger charge is 2.08. The predicted octanol–water partition coefficient (Wildman–Crippen LogP) is 2.02. The van der Waals surface area contributed by atoms with Crippen LogP contribution in [0, 0.1) is 0 Å². The summed E-state index contributed by atoms with van der Waals surface area (Å²) in [5.74, 6) is -0.267. The molecular weight excluding hydrogens is 225 g/mol. The van der Waals surface area contributed by atoms with Gasteiger partial charge < -0.3 is 15.5 Å². The Balaban J connectivity index is 0.00000169. The van der Waals surface area contributed by atoms with E-state index in [1.807, 2.05) is 0 Å². The Labute approximate surface area is 94.1 Å². The molecule has 0 bridgehead atoms. The van der Waals surface area contributed by atoms with Crippen molar-refractivity contribution in [3.63, 3.8) is 0 Å². The van der Waals surface area contributed by atoms with Crippen molar-refractivity contribution in [1.29, 1.82) is 0 Å². The summed E-state index contributed by atoms with van der Waals surface area (Å²) in [4.78, 5) is 0. The van der Waals surface area contributed by atoms with Gasteiger partial charge in [0.05, 0.1) is 5.38 Å². The van der Waals surface area contributed by atoms with Crippen LogP contribution >= 0.6 is 24.0 Å². The van der Waals surface area contributed by atoms with Gasteiger partial charge in [0.2, 0.25) is 0 Å². The molecule has 1 rings (SSSR count).